The van der Waals surface area contributed by atoms with Crippen LogP contribution in [0.15, 0.2) is 11.6 Å². The zero-order chi connectivity index (χ0) is 19.4. The first-order valence-corrected chi connectivity index (χ1v) is 10.1. The van der Waals surface area contributed by atoms with Crippen molar-refractivity contribution in [3.63, 3.8) is 0 Å². The van der Waals surface area contributed by atoms with Crippen molar-refractivity contribution in [1.82, 2.24) is 0 Å². The fraction of sp³-hybridized carbons (Fsp3) is 0.727. The minimum Gasteiger partial charge on any atom is -0.481 e. The minimum absolute atomic E-state index is 0.0146. The summed E-state index contributed by atoms with van der Waals surface area (Å²) in [6.07, 6.45) is 9.28. The topological polar surface area (TPSA) is 83.8 Å². The van der Waals surface area contributed by atoms with Crippen molar-refractivity contribution in [2.45, 2.75) is 75.9 Å². The molecule has 148 valence electrons. The van der Waals surface area contributed by atoms with Crippen molar-refractivity contribution in [3.8, 4) is 11.8 Å². The molecule has 0 radical (unpaired) electrons. The Labute approximate surface area is 161 Å². The van der Waals surface area contributed by atoms with Crippen LogP contribution in [0.5, 0.6) is 0 Å². The van der Waals surface area contributed by atoms with Crippen molar-refractivity contribution in [2.75, 3.05) is 7.11 Å². The maximum Gasteiger partial charge on any atom is 0.303 e. The summed E-state index contributed by atoms with van der Waals surface area (Å²) in [4.78, 5) is 23.0. The van der Waals surface area contributed by atoms with Crippen molar-refractivity contribution in [1.29, 1.82) is 0 Å². The van der Waals surface area contributed by atoms with Gasteiger partial charge in [-0.3, -0.25) is 9.59 Å². The molecule has 5 heteroatoms. The number of Topliss-reactive ketones (excluding diaryl/α,β-unsaturated/α-hetero) is 1. The first-order valence-electron chi connectivity index (χ1n) is 10.1. The van der Waals surface area contributed by atoms with Crippen LogP contribution in [0.3, 0.4) is 0 Å². The number of carboxylic acid groups (broad SMARTS) is 1. The van der Waals surface area contributed by atoms with E-state index in [0.717, 1.165) is 24.8 Å². The molecule has 3 saturated carbocycles. The molecular formula is C22H30O5. The van der Waals surface area contributed by atoms with Gasteiger partial charge in [-0.05, 0) is 55.9 Å². The minimum atomic E-state index is -0.808. The van der Waals surface area contributed by atoms with Crippen molar-refractivity contribution in [2.24, 2.45) is 17.8 Å². The largest absolute Gasteiger partial charge is 0.481 e. The maximum absolute atomic E-state index is 12.2. The molecule has 3 aliphatic carbocycles. The Hall–Kier alpha value is -1.64. The second kappa shape index (κ2) is 8.58. The number of aliphatic carboxylic acids is 1. The zero-order valence-corrected chi connectivity index (χ0v) is 16.1. The second-order valence-corrected chi connectivity index (χ2v) is 8.24. The Morgan fingerprint density at radius 1 is 1.30 bits per heavy atom. The SMILES string of the molecule is COC12CCC(O)C(C#CC(=O)CC3CCCC3)C1CC2=CCCC(=O)O. The lowest BCUT2D eigenvalue weighted by molar-refractivity contribution is -0.139. The van der Waals surface area contributed by atoms with Gasteiger partial charge >= 0.3 is 5.97 Å². The molecule has 4 atom stereocenters. The monoisotopic (exact) mass is 374 g/mol. The van der Waals surface area contributed by atoms with E-state index in [0.29, 0.717) is 31.6 Å². The number of rotatable bonds is 6. The molecule has 0 saturated heterocycles. The molecule has 4 unspecified atom stereocenters. The summed E-state index contributed by atoms with van der Waals surface area (Å²) in [5.74, 6) is 5.35. The van der Waals surface area contributed by atoms with E-state index in [-0.39, 0.29) is 24.0 Å². The van der Waals surface area contributed by atoms with E-state index < -0.39 is 17.7 Å². The number of carboxylic acids is 1. The molecule has 2 N–H and O–H groups in total. The summed E-state index contributed by atoms with van der Waals surface area (Å²) in [6.45, 7) is 0. The first-order chi connectivity index (χ1) is 13.0. The first kappa shape index (κ1) is 20.1. The summed E-state index contributed by atoms with van der Waals surface area (Å²) in [5, 5.41) is 19.3. The number of carbonyl (C=O) groups is 2. The van der Waals surface area contributed by atoms with Gasteiger partial charge in [0, 0.05) is 25.9 Å². The number of carbonyl (C=O) groups excluding carboxylic acids is 1. The number of aliphatic hydroxyl groups excluding tert-OH is 1. The average molecular weight is 374 g/mol. The summed E-state index contributed by atoms with van der Waals surface area (Å²) in [5.41, 5.74) is 0.665. The lowest BCUT2D eigenvalue weighted by atomic mass is 9.53. The highest BCUT2D eigenvalue weighted by atomic mass is 16.5. The quantitative estimate of drug-likeness (QED) is 0.424. The van der Waals surface area contributed by atoms with E-state index in [4.69, 9.17) is 9.84 Å². The molecule has 0 amide bonds. The third kappa shape index (κ3) is 4.28. The lowest BCUT2D eigenvalue weighted by Gasteiger charge is -2.57. The molecule has 3 fully saturated rings. The number of allylic oxidation sites excluding steroid dienone is 1. The van der Waals surface area contributed by atoms with Gasteiger partial charge in [0.1, 0.15) is 0 Å². The number of ketones is 1. The average Bonchev–Trinajstić information content (AvgIpc) is 3.12. The van der Waals surface area contributed by atoms with Gasteiger partial charge in [0.2, 0.25) is 5.78 Å². The van der Waals surface area contributed by atoms with Crippen LogP contribution in [0.2, 0.25) is 0 Å². The Kier molecular flexibility index (Phi) is 6.39. The molecule has 0 aromatic rings. The molecule has 0 spiro atoms. The Morgan fingerprint density at radius 3 is 2.70 bits per heavy atom. The van der Waals surface area contributed by atoms with Crippen LogP contribution in [0.4, 0.5) is 0 Å². The standard InChI is InChI=1S/C22H30O5/c1-27-22-12-11-20(24)18(10-9-17(23)13-15-5-2-3-6-15)19(22)14-16(22)7-4-8-21(25)26/h7,15,18-20,24H,2-6,8,11-14H2,1H3,(H,25,26). The number of ether oxygens (including phenoxy) is 1. The number of aliphatic hydroxyl groups is 1. The van der Waals surface area contributed by atoms with E-state index in [1.54, 1.807) is 7.11 Å². The van der Waals surface area contributed by atoms with E-state index in [1.165, 1.54) is 12.8 Å². The molecular weight excluding hydrogens is 344 g/mol. The number of fused-ring (bicyclic) bond motifs is 1. The molecule has 5 nitrogen and oxygen atoms in total. The van der Waals surface area contributed by atoms with Gasteiger partial charge in [-0.2, -0.15) is 0 Å². The van der Waals surface area contributed by atoms with E-state index in [1.807, 2.05) is 6.08 Å². The van der Waals surface area contributed by atoms with Gasteiger partial charge in [-0.15, -0.1) is 0 Å². The Morgan fingerprint density at radius 2 is 2.04 bits per heavy atom. The normalized spacial score (nSPS) is 34.4. The Bertz CT molecular complexity index is 664. The number of hydrogen-bond donors (Lipinski definition) is 2. The molecule has 3 aliphatic rings. The maximum atomic E-state index is 12.2. The third-order valence-electron chi connectivity index (χ3n) is 6.68. The summed E-state index contributed by atoms with van der Waals surface area (Å²) < 4.78 is 5.86. The van der Waals surface area contributed by atoms with Crippen LogP contribution < -0.4 is 0 Å². The predicted molar refractivity (Wildman–Crippen MR) is 101 cm³/mol. The smallest absolute Gasteiger partial charge is 0.303 e. The van der Waals surface area contributed by atoms with Crippen LogP contribution >= 0.6 is 0 Å². The van der Waals surface area contributed by atoms with E-state index >= 15 is 0 Å². The van der Waals surface area contributed by atoms with Gasteiger partial charge < -0.3 is 14.9 Å². The highest BCUT2D eigenvalue weighted by Crippen LogP contribution is 2.56. The summed E-state index contributed by atoms with van der Waals surface area (Å²) in [6, 6.07) is 0. The van der Waals surface area contributed by atoms with Gasteiger partial charge in [-0.1, -0.05) is 24.8 Å². The second-order valence-electron chi connectivity index (χ2n) is 8.24. The molecule has 0 aromatic heterocycles. The van der Waals surface area contributed by atoms with Gasteiger partial charge in [0.25, 0.3) is 0 Å². The number of hydrogen-bond acceptors (Lipinski definition) is 4. The molecule has 27 heavy (non-hydrogen) atoms. The fourth-order valence-electron chi connectivity index (χ4n) is 5.15. The van der Waals surface area contributed by atoms with Crippen LogP contribution in [-0.2, 0) is 14.3 Å². The predicted octanol–water partition coefficient (Wildman–Crippen LogP) is 3.11. The molecule has 0 aromatic carbocycles. The van der Waals surface area contributed by atoms with Gasteiger partial charge in [0.15, 0.2) is 0 Å². The van der Waals surface area contributed by atoms with Crippen molar-refractivity contribution >= 4 is 11.8 Å². The van der Waals surface area contributed by atoms with E-state index in [2.05, 4.69) is 11.8 Å². The van der Waals surface area contributed by atoms with E-state index in [9.17, 15) is 14.7 Å². The molecule has 0 aliphatic heterocycles. The lowest BCUT2D eigenvalue weighted by Crippen LogP contribution is -2.59. The van der Waals surface area contributed by atoms with Crippen LogP contribution in [0.25, 0.3) is 0 Å². The van der Waals surface area contributed by atoms with Crippen molar-refractivity contribution < 1.29 is 24.5 Å². The number of methoxy groups -OCH3 is 1. The van der Waals surface area contributed by atoms with Crippen LogP contribution in [0, 0.1) is 29.6 Å². The van der Waals surface area contributed by atoms with Crippen molar-refractivity contribution in [3.05, 3.63) is 11.6 Å². The highest BCUT2D eigenvalue weighted by Gasteiger charge is 2.58. The zero-order valence-electron chi connectivity index (χ0n) is 16.1. The Balaban J connectivity index is 1.67. The van der Waals surface area contributed by atoms with Gasteiger partial charge in [-0.25, -0.2) is 0 Å². The highest BCUT2D eigenvalue weighted by molar-refractivity contribution is 5.95. The fourth-order valence-corrected chi connectivity index (χ4v) is 5.15. The summed E-state index contributed by atoms with van der Waals surface area (Å²) >= 11 is 0. The van der Waals surface area contributed by atoms with Crippen LogP contribution in [0.1, 0.15) is 64.2 Å². The van der Waals surface area contributed by atoms with Crippen LogP contribution in [-0.4, -0.2) is 40.8 Å². The third-order valence-corrected chi connectivity index (χ3v) is 6.68. The summed E-state index contributed by atoms with van der Waals surface area (Å²) in [7, 11) is 1.67. The molecule has 0 bridgehead atoms. The molecule has 3 rings (SSSR count). The van der Waals surface area contributed by atoms with Gasteiger partial charge in [0.05, 0.1) is 17.6 Å². The molecule has 0 heterocycles.